The second kappa shape index (κ2) is 18.7. The largest absolute Gasteiger partial charge is 0.481 e. The maximum Gasteiger partial charge on any atom is 0.309 e. The van der Waals surface area contributed by atoms with Crippen LogP contribution in [-0.4, -0.2) is 22.3 Å². The first-order valence-corrected chi connectivity index (χ1v) is 13.9. The number of hydrogen-bond donors (Lipinski definition) is 2. The zero-order valence-corrected chi connectivity index (χ0v) is 22.4. The molecule has 194 valence electrons. The summed E-state index contributed by atoms with van der Waals surface area (Å²) in [5, 5.41) is 20.1. The monoisotopic (exact) mass is 472 g/mol. The quantitative estimate of drug-likeness (QED) is 0.148. The third kappa shape index (κ3) is 13.9. The minimum absolute atomic E-state index is 0.00226. The van der Waals surface area contributed by atoms with Crippen molar-refractivity contribution in [2.24, 2.45) is 23.7 Å². The summed E-state index contributed by atoms with van der Waals surface area (Å²) in [5.74, 6) is -0.182. The predicted molar refractivity (Wildman–Crippen MR) is 145 cm³/mol. The second-order valence-electron chi connectivity index (χ2n) is 10.7. The van der Waals surface area contributed by atoms with E-state index in [9.17, 15) is 15.0 Å². The van der Waals surface area contributed by atoms with Crippen LogP contribution in [-0.2, 0) is 11.2 Å². The van der Waals surface area contributed by atoms with Gasteiger partial charge >= 0.3 is 5.97 Å². The van der Waals surface area contributed by atoms with E-state index in [1.165, 1.54) is 50.5 Å². The number of carbonyl (C=O) groups is 1. The van der Waals surface area contributed by atoms with Gasteiger partial charge in [0.25, 0.3) is 0 Å². The number of aliphatic hydroxyl groups excluding tert-OH is 1. The minimum atomic E-state index is -0.865. The van der Waals surface area contributed by atoms with Crippen molar-refractivity contribution in [3.05, 3.63) is 48.0 Å². The van der Waals surface area contributed by atoms with Gasteiger partial charge in [-0.05, 0) is 75.2 Å². The Hall–Kier alpha value is -1.61. The number of hydrogen-bond acceptors (Lipinski definition) is 2. The van der Waals surface area contributed by atoms with Crippen molar-refractivity contribution in [2.75, 3.05) is 0 Å². The maximum atomic E-state index is 12.0. The Morgan fingerprint density at radius 3 is 2.24 bits per heavy atom. The molecule has 3 heteroatoms. The molecule has 0 saturated carbocycles. The molecule has 4 unspecified atom stereocenters. The molecule has 0 radical (unpaired) electrons. The van der Waals surface area contributed by atoms with Gasteiger partial charge in [0.2, 0.25) is 0 Å². The number of carboxylic acid groups (broad SMARTS) is 1. The predicted octanol–water partition coefficient (Wildman–Crippen LogP) is 8.46. The lowest BCUT2D eigenvalue weighted by molar-refractivity contribution is -0.148. The van der Waals surface area contributed by atoms with Crippen molar-refractivity contribution < 1.29 is 15.0 Å². The van der Waals surface area contributed by atoms with Crippen LogP contribution < -0.4 is 0 Å². The van der Waals surface area contributed by atoms with Crippen LogP contribution in [0.15, 0.2) is 42.5 Å². The van der Waals surface area contributed by atoms with Crippen LogP contribution in [0.2, 0.25) is 0 Å². The summed E-state index contributed by atoms with van der Waals surface area (Å²) >= 11 is 0. The number of rotatable bonds is 20. The lowest BCUT2D eigenvalue weighted by Gasteiger charge is -2.27. The first-order chi connectivity index (χ1) is 16.3. The first kappa shape index (κ1) is 30.4. The molecule has 34 heavy (non-hydrogen) atoms. The SMILES string of the molecule is CCCCCCC=CCC(CCCC(CCc1ccccc1)C(C(=O)O)C(C)O)CCC(C)C. The lowest BCUT2D eigenvalue weighted by atomic mass is 9.79. The lowest BCUT2D eigenvalue weighted by Crippen LogP contribution is -2.33. The number of aliphatic carboxylic acids is 1. The Bertz CT molecular complexity index is 650. The zero-order valence-electron chi connectivity index (χ0n) is 22.4. The molecule has 1 aromatic rings. The molecule has 0 bridgehead atoms. The fourth-order valence-corrected chi connectivity index (χ4v) is 5.02. The highest BCUT2D eigenvalue weighted by molar-refractivity contribution is 5.71. The number of unbranched alkanes of at least 4 members (excludes halogenated alkanes) is 4. The number of allylic oxidation sites excluding steroid dienone is 2. The van der Waals surface area contributed by atoms with E-state index >= 15 is 0 Å². The van der Waals surface area contributed by atoms with E-state index < -0.39 is 18.0 Å². The standard InChI is InChI=1S/C31H52O3/c1-5-6-7-8-9-10-12-16-28(22-21-25(2)3)19-15-20-29(30(26(4)32)31(33)34)24-23-27-17-13-11-14-18-27/h10-14,17-18,25-26,28-30,32H,5-9,15-16,19-24H2,1-4H3,(H,33,34). The van der Waals surface area contributed by atoms with Crippen LogP contribution in [0.5, 0.6) is 0 Å². The van der Waals surface area contributed by atoms with E-state index in [2.05, 4.69) is 45.1 Å². The topological polar surface area (TPSA) is 57.5 Å². The van der Waals surface area contributed by atoms with Gasteiger partial charge in [-0.15, -0.1) is 0 Å². The maximum absolute atomic E-state index is 12.0. The van der Waals surface area contributed by atoms with Gasteiger partial charge < -0.3 is 10.2 Å². The van der Waals surface area contributed by atoms with Crippen LogP contribution in [0.1, 0.15) is 110 Å². The number of aliphatic hydroxyl groups is 1. The molecule has 0 spiro atoms. The van der Waals surface area contributed by atoms with Crippen molar-refractivity contribution >= 4 is 5.97 Å². The fourth-order valence-electron chi connectivity index (χ4n) is 5.02. The van der Waals surface area contributed by atoms with E-state index in [-0.39, 0.29) is 5.92 Å². The summed E-state index contributed by atoms with van der Waals surface area (Å²) in [6.07, 6.45) is 18.7. The third-order valence-electron chi connectivity index (χ3n) is 7.16. The van der Waals surface area contributed by atoms with E-state index in [0.717, 1.165) is 38.5 Å². The summed E-state index contributed by atoms with van der Waals surface area (Å²) in [5.41, 5.74) is 1.24. The van der Waals surface area contributed by atoms with Gasteiger partial charge in [0.15, 0.2) is 0 Å². The number of aryl methyl sites for hydroxylation is 1. The molecule has 1 aromatic carbocycles. The Morgan fingerprint density at radius 1 is 0.882 bits per heavy atom. The Morgan fingerprint density at radius 2 is 1.62 bits per heavy atom. The van der Waals surface area contributed by atoms with Crippen molar-refractivity contribution in [2.45, 2.75) is 117 Å². The van der Waals surface area contributed by atoms with Crippen LogP contribution in [0.3, 0.4) is 0 Å². The average Bonchev–Trinajstić information content (AvgIpc) is 2.79. The van der Waals surface area contributed by atoms with E-state index in [4.69, 9.17) is 0 Å². The summed E-state index contributed by atoms with van der Waals surface area (Å²) in [7, 11) is 0. The van der Waals surface area contributed by atoms with E-state index in [1.807, 2.05) is 18.2 Å². The number of benzene rings is 1. The molecule has 0 saturated heterocycles. The molecular formula is C31H52O3. The Kier molecular flexibility index (Phi) is 16.7. The van der Waals surface area contributed by atoms with E-state index in [0.29, 0.717) is 11.8 Å². The molecule has 0 amide bonds. The van der Waals surface area contributed by atoms with Gasteiger partial charge in [-0.3, -0.25) is 4.79 Å². The summed E-state index contributed by atoms with van der Waals surface area (Å²) in [6.45, 7) is 8.47. The fraction of sp³-hybridized carbons (Fsp3) is 0.710. The summed E-state index contributed by atoms with van der Waals surface area (Å²) < 4.78 is 0. The highest BCUT2D eigenvalue weighted by Gasteiger charge is 2.31. The average molecular weight is 473 g/mol. The van der Waals surface area contributed by atoms with Gasteiger partial charge in [-0.25, -0.2) is 0 Å². The highest BCUT2D eigenvalue weighted by atomic mass is 16.4. The van der Waals surface area contributed by atoms with Crippen molar-refractivity contribution in [3.63, 3.8) is 0 Å². The molecule has 0 fully saturated rings. The molecule has 2 N–H and O–H groups in total. The van der Waals surface area contributed by atoms with Crippen molar-refractivity contribution in [1.82, 2.24) is 0 Å². The van der Waals surface area contributed by atoms with Crippen LogP contribution in [0.4, 0.5) is 0 Å². The van der Waals surface area contributed by atoms with Gasteiger partial charge in [0.1, 0.15) is 0 Å². The van der Waals surface area contributed by atoms with Gasteiger partial charge in [-0.2, -0.15) is 0 Å². The zero-order chi connectivity index (χ0) is 25.2. The van der Waals surface area contributed by atoms with Crippen LogP contribution in [0.25, 0.3) is 0 Å². The molecule has 0 aliphatic carbocycles. The highest BCUT2D eigenvalue weighted by Crippen LogP contribution is 2.30. The summed E-state index contributed by atoms with van der Waals surface area (Å²) in [6, 6.07) is 10.3. The number of carboxylic acids is 1. The molecular weight excluding hydrogens is 420 g/mol. The Labute approximate surface area is 210 Å². The smallest absolute Gasteiger partial charge is 0.309 e. The molecule has 3 nitrogen and oxygen atoms in total. The van der Waals surface area contributed by atoms with Crippen molar-refractivity contribution in [1.29, 1.82) is 0 Å². The van der Waals surface area contributed by atoms with Gasteiger partial charge in [-0.1, -0.05) is 102 Å². The third-order valence-corrected chi connectivity index (χ3v) is 7.16. The molecule has 4 atom stereocenters. The normalized spacial score (nSPS) is 15.5. The van der Waals surface area contributed by atoms with Gasteiger partial charge in [0.05, 0.1) is 12.0 Å². The molecule has 0 aliphatic rings. The van der Waals surface area contributed by atoms with Gasteiger partial charge in [0, 0.05) is 0 Å². The van der Waals surface area contributed by atoms with Crippen LogP contribution >= 0.6 is 0 Å². The molecule has 0 aliphatic heterocycles. The Balaban J connectivity index is 2.66. The molecule has 0 aromatic heterocycles. The van der Waals surface area contributed by atoms with Crippen molar-refractivity contribution in [3.8, 4) is 0 Å². The minimum Gasteiger partial charge on any atom is -0.481 e. The van der Waals surface area contributed by atoms with Crippen LogP contribution in [0, 0.1) is 23.7 Å². The molecule has 1 rings (SSSR count). The summed E-state index contributed by atoms with van der Waals surface area (Å²) in [4.78, 5) is 12.0. The van der Waals surface area contributed by atoms with E-state index in [1.54, 1.807) is 6.92 Å². The molecule has 0 heterocycles. The second-order valence-corrected chi connectivity index (χ2v) is 10.7. The first-order valence-electron chi connectivity index (χ1n) is 13.9.